The lowest BCUT2D eigenvalue weighted by atomic mass is 10.1. The van der Waals surface area contributed by atoms with Gasteiger partial charge < -0.3 is 9.47 Å². The van der Waals surface area contributed by atoms with E-state index in [9.17, 15) is 22.8 Å². The number of halogens is 2. The lowest BCUT2D eigenvalue weighted by Crippen LogP contribution is -2.40. The highest BCUT2D eigenvalue weighted by Gasteiger charge is 2.32. The van der Waals surface area contributed by atoms with Crippen LogP contribution in [0.15, 0.2) is 77.8 Å². The fourth-order valence-corrected chi connectivity index (χ4v) is 6.04. The van der Waals surface area contributed by atoms with E-state index in [0.29, 0.717) is 5.56 Å². The second kappa shape index (κ2) is 12.7. The number of anilines is 1. The summed E-state index contributed by atoms with van der Waals surface area (Å²) >= 11 is 12.0. The zero-order valence-corrected chi connectivity index (χ0v) is 27.9. The summed E-state index contributed by atoms with van der Waals surface area (Å²) in [6.07, 6.45) is -0.433. The number of carbonyl (C=O) groups excluding carboxylic acids is 3. The SMILES string of the molecule is CC(C)(C)OC(=O)N(Cc1ccccc1)C(=O)c1cn(C(=O)OC(C)(C)C)c2cc(NS(=O)(=O)c3cc(Cl)cc(Cl)c3)ccc12. The Hall–Kier alpha value is -4.06. The molecular formula is C32H33Cl2N3O7S. The maximum Gasteiger partial charge on any atom is 0.419 e. The number of hydrogen-bond acceptors (Lipinski definition) is 7. The zero-order valence-electron chi connectivity index (χ0n) is 25.6. The van der Waals surface area contributed by atoms with Crippen molar-refractivity contribution < 1.29 is 32.3 Å². The third-order valence-electron chi connectivity index (χ3n) is 6.07. The first-order chi connectivity index (χ1) is 20.8. The topological polar surface area (TPSA) is 124 Å². The predicted octanol–water partition coefficient (Wildman–Crippen LogP) is 8.11. The molecule has 238 valence electrons. The van der Waals surface area contributed by atoms with Gasteiger partial charge in [-0.3, -0.25) is 14.1 Å². The normalized spacial score (nSPS) is 12.1. The zero-order chi connectivity index (χ0) is 33.3. The molecule has 0 aliphatic carbocycles. The van der Waals surface area contributed by atoms with Crippen LogP contribution in [0.5, 0.6) is 0 Å². The van der Waals surface area contributed by atoms with Gasteiger partial charge in [0.1, 0.15) is 11.2 Å². The minimum Gasteiger partial charge on any atom is -0.443 e. The molecule has 13 heteroatoms. The van der Waals surface area contributed by atoms with E-state index < -0.39 is 39.3 Å². The van der Waals surface area contributed by atoms with Crippen molar-refractivity contribution in [3.8, 4) is 0 Å². The van der Waals surface area contributed by atoms with Crippen LogP contribution in [0.25, 0.3) is 10.9 Å². The Morgan fingerprint density at radius 2 is 1.44 bits per heavy atom. The van der Waals surface area contributed by atoms with E-state index in [1.165, 1.54) is 42.6 Å². The summed E-state index contributed by atoms with van der Waals surface area (Å²) < 4.78 is 41.0. The fourth-order valence-electron chi connectivity index (χ4n) is 4.27. The number of aromatic nitrogens is 1. The average Bonchev–Trinajstić information content (AvgIpc) is 3.28. The van der Waals surface area contributed by atoms with Crippen LogP contribution in [0.1, 0.15) is 57.5 Å². The second-order valence-corrected chi connectivity index (χ2v) is 14.7. The van der Waals surface area contributed by atoms with Crippen LogP contribution < -0.4 is 4.72 Å². The van der Waals surface area contributed by atoms with Crippen LogP contribution in [0.4, 0.5) is 15.3 Å². The molecule has 0 aliphatic heterocycles. The van der Waals surface area contributed by atoms with Crippen molar-refractivity contribution in [2.75, 3.05) is 4.72 Å². The number of nitrogens with one attached hydrogen (secondary N) is 1. The van der Waals surface area contributed by atoms with Gasteiger partial charge in [-0.2, -0.15) is 0 Å². The molecule has 2 amide bonds. The van der Waals surface area contributed by atoms with Gasteiger partial charge in [0.15, 0.2) is 0 Å². The number of amides is 2. The Bertz CT molecular complexity index is 1860. The number of nitrogens with zero attached hydrogens (tertiary/aromatic N) is 2. The van der Waals surface area contributed by atoms with Crippen molar-refractivity contribution in [2.24, 2.45) is 0 Å². The van der Waals surface area contributed by atoms with Crippen molar-refractivity contribution in [3.63, 3.8) is 0 Å². The quantitative estimate of drug-likeness (QED) is 0.219. The molecule has 0 saturated carbocycles. The molecule has 10 nitrogen and oxygen atoms in total. The van der Waals surface area contributed by atoms with Gasteiger partial charge in [-0.25, -0.2) is 22.9 Å². The molecular weight excluding hydrogens is 641 g/mol. The monoisotopic (exact) mass is 673 g/mol. The Morgan fingerprint density at radius 3 is 2.02 bits per heavy atom. The van der Waals surface area contributed by atoms with E-state index in [2.05, 4.69) is 4.72 Å². The second-order valence-electron chi connectivity index (χ2n) is 12.2. The van der Waals surface area contributed by atoms with E-state index in [1.807, 2.05) is 6.07 Å². The van der Waals surface area contributed by atoms with Crippen LogP contribution in [0, 0.1) is 0 Å². The summed E-state index contributed by atoms with van der Waals surface area (Å²) in [4.78, 5) is 41.5. The number of benzene rings is 3. The maximum absolute atomic E-state index is 14.1. The van der Waals surface area contributed by atoms with Gasteiger partial charge in [-0.05, 0) is 83.5 Å². The molecule has 1 aromatic heterocycles. The number of sulfonamides is 1. The van der Waals surface area contributed by atoms with Crippen molar-refractivity contribution in [2.45, 2.75) is 64.2 Å². The van der Waals surface area contributed by atoms with Crippen molar-refractivity contribution in [1.29, 1.82) is 0 Å². The summed E-state index contributed by atoms with van der Waals surface area (Å²) in [7, 11) is -4.16. The number of ether oxygens (including phenoxy) is 2. The van der Waals surface area contributed by atoms with E-state index in [0.717, 1.165) is 9.47 Å². The van der Waals surface area contributed by atoms with Gasteiger partial charge in [-0.1, -0.05) is 53.5 Å². The lowest BCUT2D eigenvalue weighted by molar-refractivity contribution is 0.0227. The molecule has 0 fully saturated rings. The summed E-state index contributed by atoms with van der Waals surface area (Å²) in [5.74, 6) is -0.734. The number of rotatable bonds is 6. The lowest BCUT2D eigenvalue weighted by Gasteiger charge is -2.26. The highest BCUT2D eigenvalue weighted by atomic mass is 35.5. The minimum atomic E-state index is -4.16. The molecule has 0 bridgehead atoms. The van der Waals surface area contributed by atoms with Crippen molar-refractivity contribution in [1.82, 2.24) is 9.47 Å². The third-order valence-corrected chi connectivity index (χ3v) is 7.86. The van der Waals surface area contributed by atoms with E-state index >= 15 is 0 Å². The fraction of sp³-hybridized carbons (Fsp3) is 0.281. The summed E-state index contributed by atoms with van der Waals surface area (Å²) in [6.45, 7) is 10.0. The smallest absolute Gasteiger partial charge is 0.419 e. The maximum atomic E-state index is 14.1. The average molecular weight is 675 g/mol. The molecule has 0 spiro atoms. The standard InChI is InChI=1S/C32H33Cl2N3O7S/c1-31(2,3)43-29(39)36-19-26(28(38)37(30(40)44-32(4,5)6)18-20-10-8-7-9-11-20)25-13-12-23(17-27(25)36)35-45(41,42)24-15-21(33)14-22(34)16-24/h7-17,19,35H,18H2,1-6H3. The van der Waals surface area contributed by atoms with Gasteiger partial charge in [0.05, 0.1) is 28.2 Å². The molecule has 1 heterocycles. The summed E-state index contributed by atoms with van der Waals surface area (Å²) in [5.41, 5.74) is -0.886. The van der Waals surface area contributed by atoms with Crippen LogP contribution in [0.2, 0.25) is 10.0 Å². The first-order valence-electron chi connectivity index (χ1n) is 13.8. The first kappa shape index (κ1) is 33.8. The molecule has 4 aromatic rings. The minimum absolute atomic E-state index is 0.00585. The molecule has 3 aromatic carbocycles. The van der Waals surface area contributed by atoms with Crippen LogP contribution in [-0.4, -0.2) is 47.2 Å². The molecule has 0 saturated heterocycles. The molecule has 1 N–H and O–H groups in total. The molecule has 0 atom stereocenters. The molecule has 4 rings (SSSR count). The molecule has 0 aliphatic rings. The van der Waals surface area contributed by atoms with Gasteiger partial charge in [0, 0.05) is 21.6 Å². The summed E-state index contributed by atoms with van der Waals surface area (Å²) in [6, 6.07) is 17.1. The number of fused-ring (bicyclic) bond motifs is 1. The van der Waals surface area contributed by atoms with Gasteiger partial charge in [-0.15, -0.1) is 0 Å². The largest absolute Gasteiger partial charge is 0.443 e. The van der Waals surface area contributed by atoms with Gasteiger partial charge >= 0.3 is 12.2 Å². The first-order valence-corrected chi connectivity index (χ1v) is 16.0. The molecule has 45 heavy (non-hydrogen) atoms. The third kappa shape index (κ3) is 8.56. The predicted molar refractivity (Wildman–Crippen MR) is 173 cm³/mol. The number of carbonyl (C=O) groups is 3. The Kier molecular flexibility index (Phi) is 9.58. The van der Waals surface area contributed by atoms with Crippen molar-refractivity contribution >= 4 is 67.9 Å². The number of hydrogen-bond donors (Lipinski definition) is 1. The molecule has 0 radical (unpaired) electrons. The molecule has 0 unspecified atom stereocenters. The Morgan fingerprint density at radius 1 is 0.844 bits per heavy atom. The highest BCUT2D eigenvalue weighted by molar-refractivity contribution is 7.92. The van der Waals surface area contributed by atoms with Crippen LogP contribution >= 0.6 is 23.2 Å². The van der Waals surface area contributed by atoms with Crippen LogP contribution in [-0.2, 0) is 26.0 Å². The van der Waals surface area contributed by atoms with Gasteiger partial charge in [0.2, 0.25) is 0 Å². The van der Waals surface area contributed by atoms with E-state index in [1.54, 1.807) is 65.8 Å². The van der Waals surface area contributed by atoms with Gasteiger partial charge in [0.25, 0.3) is 15.9 Å². The Balaban J connectivity index is 1.82. The number of imide groups is 1. The highest BCUT2D eigenvalue weighted by Crippen LogP contribution is 2.30. The van der Waals surface area contributed by atoms with Crippen molar-refractivity contribution in [3.05, 3.63) is 94.1 Å². The summed E-state index contributed by atoms with van der Waals surface area (Å²) in [5, 5.41) is 0.525. The van der Waals surface area contributed by atoms with E-state index in [-0.39, 0.29) is 43.6 Å². The Labute approximate surface area is 271 Å². The van der Waals surface area contributed by atoms with E-state index in [4.69, 9.17) is 32.7 Å². The van der Waals surface area contributed by atoms with Crippen LogP contribution in [0.3, 0.4) is 0 Å².